The van der Waals surface area contributed by atoms with E-state index < -0.39 is 11.7 Å². The zero-order valence-corrected chi connectivity index (χ0v) is 25.0. The molecular weight excluding hydrogens is 566 g/mol. The number of aromatic nitrogens is 1. The van der Waals surface area contributed by atoms with E-state index in [-0.39, 0.29) is 23.4 Å². The number of pyridine rings is 1. The highest BCUT2D eigenvalue weighted by Crippen LogP contribution is 2.47. The predicted octanol–water partition coefficient (Wildman–Crippen LogP) is 7.32. The molecule has 4 amide bonds. The molecule has 0 unspecified atom stereocenters. The maximum atomic E-state index is 13.6. The Hall–Kier alpha value is -4.64. The molecule has 2 aromatic carbocycles. The van der Waals surface area contributed by atoms with Crippen molar-refractivity contribution in [2.45, 2.75) is 58.1 Å². The minimum absolute atomic E-state index is 0.114. The van der Waals surface area contributed by atoms with E-state index in [1.165, 1.54) is 11.3 Å². The molecule has 1 aliphatic carbocycles. The van der Waals surface area contributed by atoms with Crippen LogP contribution in [0.25, 0.3) is 10.2 Å². The van der Waals surface area contributed by atoms with E-state index in [2.05, 4.69) is 15.6 Å². The van der Waals surface area contributed by atoms with Crippen molar-refractivity contribution in [1.82, 2.24) is 10.3 Å². The maximum Gasteiger partial charge on any atom is 0.405 e. The van der Waals surface area contributed by atoms with Gasteiger partial charge in [0.2, 0.25) is 0 Å². The lowest BCUT2D eigenvalue weighted by Crippen LogP contribution is -2.53. The smallest absolute Gasteiger partial charge is 0.405 e. The molecule has 10 nitrogen and oxygen atoms in total. The lowest BCUT2D eigenvalue weighted by Gasteiger charge is -2.47. The molecule has 0 saturated heterocycles. The zero-order valence-electron chi connectivity index (χ0n) is 24.2. The van der Waals surface area contributed by atoms with Gasteiger partial charge < -0.3 is 25.8 Å². The van der Waals surface area contributed by atoms with Gasteiger partial charge in [0.15, 0.2) is 0 Å². The van der Waals surface area contributed by atoms with Gasteiger partial charge in [-0.25, -0.2) is 14.6 Å². The SMILES string of the molecule is CC(C)(C)C1(OC(N)=O)CCC(NC(=O)c2sc3nccc4c3c2NC(=O)N4c2ccc(Oc3ccccc3)cc2)CC1. The first-order chi connectivity index (χ1) is 20.5. The van der Waals surface area contributed by atoms with Gasteiger partial charge in [-0.05, 0) is 68.1 Å². The summed E-state index contributed by atoms with van der Waals surface area (Å²) in [6.45, 7) is 6.08. The number of nitrogens with one attached hydrogen (secondary N) is 2. The summed E-state index contributed by atoms with van der Waals surface area (Å²) < 4.78 is 11.5. The topological polar surface area (TPSA) is 136 Å². The van der Waals surface area contributed by atoms with E-state index in [1.54, 1.807) is 17.2 Å². The number of nitrogens with zero attached hydrogens (tertiary/aromatic N) is 2. The largest absolute Gasteiger partial charge is 0.457 e. The summed E-state index contributed by atoms with van der Waals surface area (Å²) in [6, 6.07) is 18.0. The van der Waals surface area contributed by atoms with Crippen LogP contribution in [0.3, 0.4) is 0 Å². The second kappa shape index (κ2) is 10.9. The van der Waals surface area contributed by atoms with Gasteiger partial charge in [0, 0.05) is 17.7 Å². The first-order valence-electron chi connectivity index (χ1n) is 14.2. The van der Waals surface area contributed by atoms with Crippen molar-refractivity contribution in [3.8, 4) is 11.5 Å². The zero-order chi connectivity index (χ0) is 30.4. The molecule has 0 spiro atoms. The van der Waals surface area contributed by atoms with Crippen molar-refractivity contribution in [2.75, 3.05) is 10.2 Å². The first-order valence-corrected chi connectivity index (χ1v) is 15.0. The highest BCUT2D eigenvalue weighted by Gasteiger charge is 2.48. The van der Waals surface area contributed by atoms with Crippen LogP contribution in [0, 0.1) is 5.41 Å². The Morgan fingerprint density at radius 3 is 2.37 bits per heavy atom. The number of ether oxygens (including phenoxy) is 2. The molecule has 0 atom stereocenters. The van der Waals surface area contributed by atoms with Crippen molar-refractivity contribution >= 4 is 56.6 Å². The molecule has 2 aliphatic rings. The third-order valence-corrected chi connectivity index (χ3v) is 9.41. The molecule has 4 aromatic rings. The lowest BCUT2D eigenvalue weighted by molar-refractivity contribution is -0.0926. The molecular formula is C32H33N5O5S. The first kappa shape index (κ1) is 28.5. The van der Waals surface area contributed by atoms with Gasteiger partial charge in [-0.2, -0.15) is 0 Å². The number of urea groups is 1. The van der Waals surface area contributed by atoms with Crippen LogP contribution in [0.2, 0.25) is 0 Å². The fourth-order valence-corrected chi connectivity index (χ4v) is 6.99. The summed E-state index contributed by atoms with van der Waals surface area (Å²) in [5.41, 5.74) is 6.16. The predicted molar refractivity (Wildman–Crippen MR) is 166 cm³/mol. The van der Waals surface area contributed by atoms with E-state index in [1.807, 2.05) is 75.4 Å². The molecule has 3 heterocycles. The number of hydrogen-bond acceptors (Lipinski definition) is 7. The summed E-state index contributed by atoms with van der Waals surface area (Å²) in [5, 5.41) is 6.79. The Morgan fingerprint density at radius 2 is 1.72 bits per heavy atom. The van der Waals surface area contributed by atoms with Gasteiger partial charge in [-0.1, -0.05) is 39.0 Å². The maximum absolute atomic E-state index is 13.6. The number of anilines is 3. The normalized spacial score (nSPS) is 19.9. The van der Waals surface area contributed by atoms with Crippen molar-refractivity contribution < 1.29 is 23.9 Å². The van der Waals surface area contributed by atoms with Gasteiger partial charge in [0.05, 0.1) is 22.4 Å². The van der Waals surface area contributed by atoms with Gasteiger partial charge in [0.1, 0.15) is 26.8 Å². The minimum Gasteiger partial charge on any atom is -0.457 e. The summed E-state index contributed by atoms with van der Waals surface area (Å²) in [6.07, 6.45) is 3.27. The Kier molecular flexibility index (Phi) is 7.21. The van der Waals surface area contributed by atoms with Crippen LogP contribution in [0.5, 0.6) is 11.5 Å². The number of carbonyl (C=O) groups is 3. The fraction of sp³-hybridized carbons (Fsp3) is 0.312. The number of carbonyl (C=O) groups excluding carboxylic acids is 3. The van der Waals surface area contributed by atoms with Crippen LogP contribution in [0.1, 0.15) is 56.1 Å². The third-order valence-electron chi connectivity index (χ3n) is 8.32. The van der Waals surface area contributed by atoms with Crippen LogP contribution in [-0.2, 0) is 4.74 Å². The Labute approximate surface area is 253 Å². The van der Waals surface area contributed by atoms with E-state index in [0.717, 1.165) is 5.75 Å². The summed E-state index contributed by atoms with van der Waals surface area (Å²) in [4.78, 5) is 45.8. The van der Waals surface area contributed by atoms with Crippen molar-refractivity contribution in [3.63, 3.8) is 0 Å². The van der Waals surface area contributed by atoms with E-state index in [4.69, 9.17) is 15.2 Å². The average molecular weight is 600 g/mol. The monoisotopic (exact) mass is 599 g/mol. The number of thiophene rings is 1. The number of para-hydroxylation sites is 1. The van der Waals surface area contributed by atoms with E-state index in [9.17, 15) is 14.4 Å². The molecule has 11 heteroatoms. The molecule has 43 heavy (non-hydrogen) atoms. The second-order valence-corrected chi connectivity index (χ2v) is 12.9. The van der Waals surface area contributed by atoms with Crippen molar-refractivity contribution in [1.29, 1.82) is 0 Å². The number of nitrogens with two attached hydrogens (primary N) is 1. The number of rotatable bonds is 6. The van der Waals surface area contributed by atoms with Crippen LogP contribution >= 0.6 is 11.3 Å². The molecule has 2 aromatic heterocycles. The number of benzene rings is 2. The van der Waals surface area contributed by atoms with E-state index >= 15 is 0 Å². The molecule has 0 bridgehead atoms. The number of primary amides is 1. The molecule has 1 fully saturated rings. The van der Waals surface area contributed by atoms with Crippen LogP contribution in [0.4, 0.5) is 26.7 Å². The fourth-order valence-electron chi connectivity index (χ4n) is 5.97. The van der Waals surface area contributed by atoms with Gasteiger partial charge >= 0.3 is 12.1 Å². The standard InChI is InChI=1S/C32H33N5O5S/c1-31(2,3)32(42-29(33)39)16-13-19(14-17-32)35-27(38)26-25-24-23(15-18-34-28(24)43-26)37(30(40)36-25)20-9-11-22(12-10-20)41-21-7-5-4-6-8-21/h4-12,15,18-19H,13-14,16-17H2,1-3H3,(H2,33,39)(H,35,38)(H,36,40). The third kappa shape index (κ3) is 5.36. The Bertz CT molecular complexity index is 1690. The highest BCUT2D eigenvalue weighted by atomic mass is 32.1. The molecule has 222 valence electrons. The van der Waals surface area contributed by atoms with Crippen molar-refractivity contribution in [3.05, 3.63) is 71.7 Å². The number of amides is 4. The van der Waals surface area contributed by atoms with Gasteiger partial charge in [-0.3, -0.25) is 9.69 Å². The summed E-state index contributed by atoms with van der Waals surface area (Å²) in [5.74, 6) is 1.09. The minimum atomic E-state index is -0.786. The van der Waals surface area contributed by atoms with Gasteiger partial charge in [0.25, 0.3) is 5.91 Å². The average Bonchev–Trinajstić information content (AvgIpc) is 3.34. The summed E-state index contributed by atoms with van der Waals surface area (Å²) in [7, 11) is 0. The lowest BCUT2D eigenvalue weighted by atomic mass is 9.67. The molecule has 1 aliphatic heterocycles. The van der Waals surface area contributed by atoms with Crippen molar-refractivity contribution in [2.24, 2.45) is 11.1 Å². The van der Waals surface area contributed by atoms with Crippen LogP contribution in [0.15, 0.2) is 66.9 Å². The molecule has 0 radical (unpaired) electrons. The second-order valence-electron chi connectivity index (χ2n) is 11.9. The van der Waals surface area contributed by atoms with Gasteiger partial charge in [-0.15, -0.1) is 11.3 Å². The summed E-state index contributed by atoms with van der Waals surface area (Å²) >= 11 is 1.24. The highest BCUT2D eigenvalue weighted by molar-refractivity contribution is 7.21. The molecule has 1 saturated carbocycles. The number of hydrogen-bond donors (Lipinski definition) is 3. The quantitative estimate of drug-likeness (QED) is 0.212. The molecule has 4 N–H and O–H groups in total. The Balaban J connectivity index is 1.22. The van der Waals surface area contributed by atoms with Crippen LogP contribution < -0.4 is 26.0 Å². The molecule has 6 rings (SSSR count). The Morgan fingerprint density at radius 1 is 1.05 bits per heavy atom. The van der Waals surface area contributed by atoms with E-state index in [0.29, 0.717) is 63.6 Å². The van der Waals surface area contributed by atoms with Crippen LogP contribution in [-0.4, -0.2) is 34.7 Å².